The third-order valence-corrected chi connectivity index (χ3v) is 5.30. The predicted molar refractivity (Wildman–Crippen MR) is 109 cm³/mol. The average molecular weight is 384 g/mol. The molecule has 0 saturated carbocycles. The molecule has 0 amide bonds. The lowest BCUT2D eigenvalue weighted by Crippen LogP contribution is -2.29. The second kappa shape index (κ2) is 14.8. The first kappa shape index (κ1) is 23.8. The number of aliphatic hydroxyl groups excluding tert-OH is 1. The Labute approximate surface area is 165 Å². The van der Waals surface area contributed by atoms with Crippen molar-refractivity contribution in [3.63, 3.8) is 0 Å². The molecular weight excluding hydrogens is 342 g/mol. The van der Waals surface area contributed by atoms with Crippen molar-refractivity contribution < 1.29 is 19.5 Å². The van der Waals surface area contributed by atoms with Gasteiger partial charge in [-0.2, -0.15) is 0 Å². The van der Waals surface area contributed by atoms with Crippen molar-refractivity contribution in [1.29, 1.82) is 0 Å². The molecule has 0 radical (unpaired) electrons. The summed E-state index contributed by atoms with van der Waals surface area (Å²) >= 11 is 0. The summed E-state index contributed by atoms with van der Waals surface area (Å²) in [4.78, 5) is 17.4. The van der Waals surface area contributed by atoms with Crippen LogP contribution in [0.2, 0.25) is 0 Å². The summed E-state index contributed by atoms with van der Waals surface area (Å²) in [6.07, 6.45) is 15.9. The van der Waals surface area contributed by atoms with E-state index in [1.807, 2.05) is 13.8 Å². The minimum absolute atomic E-state index is 0.0239. The van der Waals surface area contributed by atoms with Crippen molar-refractivity contribution in [3.8, 4) is 0 Å². The lowest BCUT2D eigenvalue weighted by atomic mass is 10.0. The van der Waals surface area contributed by atoms with Gasteiger partial charge in [-0.25, -0.2) is 10.3 Å². The zero-order chi connectivity index (χ0) is 19.9. The lowest BCUT2D eigenvalue weighted by molar-refractivity contribution is -0.161. The number of rotatable bonds is 16. The van der Waals surface area contributed by atoms with Crippen LogP contribution in [-0.4, -0.2) is 23.3 Å². The topological polar surface area (TPSA) is 67.8 Å². The Kier molecular flexibility index (Phi) is 13.0. The van der Waals surface area contributed by atoms with E-state index in [0.717, 1.165) is 19.3 Å². The monoisotopic (exact) mass is 383 g/mol. The largest absolute Gasteiger partial charge is 0.493 e. The minimum atomic E-state index is -0.813. The molecule has 27 heavy (non-hydrogen) atoms. The normalized spacial score (nSPS) is 17.8. The Morgan fingerprint density at radius 2 is 1.52 bits per heavy atom. The number of carbonyl (C=O) groups is 1. The van der Waals surface area contributed by atoms with Gasteiger partial charge in [0.15, 0.2) is 0 Å². The second-order valence-electron chi connectivity index (χ2n) is 7.77. The van der Waals surface area contributed by atoms with Crippen LogP contribution in [0.1, 0.15) is 111 Å². The molecule has 5 heteroatoms. The van der Waals surface area contributed by atoms with Gasteiger partial charge in [0.05, 0.1) is 6.10 Å². The van der Waals surface area contributed by atoms with E-state index >= 15 is 0 Å². The molecule has 0 aliphatic carbocycles. The number of nitrogens with one attached hydrogen (secondary N) is 1. The highest BCUT2D eigenvalue weighted by Crippen LogP contribution is 2.24. The Morgan fingerprint density at radius 3 is 2.04 bits per heavy atom. The first-order chi connectivity index (χ1) is 13.1. The highest BCUT2D eigenvalue weighted by Gasteiger charge is 2.34. The average Bonchev–Trinajstić information content (AvgIpc) is 3.03. The quantitative estimate of drug-likeness (QED) is 0.249. The van der Waals surface area contributed by atoms with Crippen LogP contribution in [0.5, 0.6) is 0 Å². The van der Waals surface area contributed by atoms with Crippen molar-refractivity contribution >= 4 is 5.97 Å². The van der Waals surface area contributed by atoms with Crippen molar-refractivity contribution in [2.24, 2.45) is 0 Å². The van der Waals surface area contributed by atoms with Gasteiger partial charge in [0.2, 0.25) is 12.0 Å². The van der Waals surface area contributed by atoms with Crippen molar-refractivity contribution in [2.75, 3.05) is 0 Å². The summed E-state index contributed by atoms with van der Waals surface area (Å²) in [6, 6.07) is 0. The van der Waals surface area contributed by atoms with Crippen LogP contribution in [0, 0.1) is 0 Å². The van der Waals surface area contributed by atoms with Gasteiger partial charge in [-0.15, -0.1) is 0 Å². The van der Waals surface area contributed by atoms with Crippen molar-refractivity contribution in [1.82, 2.24) is 5.48 Å². The summed E-state index contributed by atoms with van der Waals surface area (Å²) in [6.45, 7) is 6.08. The van der Waals surface area contributed by atoms with Crippen LogP contribution in [-0.2, 0) is 14.4 Å². The molecule has 1 heterocycles. The molecule has 1 aliphatic rings. The molecule has 0 aromatic carbocycles. The van der Waals surface area contributed by atoms with E-state index in [1.165, 1.54) is 64.2 Å². The molecule has 0 saturated heterocycles. The third kappa shape index (κ3) is 10.0. The summed E-state index contributed by atoms with van der Waals surface area (Å²) in [5.41, 5.74) is 3.04. The Hall–Kier alpha value is -1.23. The van der Waals surface area contributed by atoms with Crippen LogP contribution in [0.3, 0.4) is 0 Å². The molecule has 2 N–H and O–H groups in total. The molecule has 0 aromatic rings. The SMILES string of the molecule is CCCCCCCCCCCCCCC1=C(O)NOC1C(=O)OC(C)CC. The van der Waals surface area contributed by atoms with E-state index < -0.39 is 12.1 Å². The van der Waals surface area contributed by atoms with E-state index in [1.54, 1.807) is 0 Å². The zero-order valence-electron chi connectivity index (χ0n) is 17.7. The van der Waals surface area contributed by atoms with Gasteiger partial charge in [-0.05, 0) is 26.2 Å². The number of hydrogen-bond acceptors (Lipinski definition) is 5. The van der Waals surface area contributed by atoms with Crippen LogP contribution >= 0.6 is 0 Å². The van der Waals surface area contributed by atoms with E-state index in [-0.39, 0.29) is 12.0 Å². The van der Waals surface area contributed by atoms with Gasteiger partial charge in [0, 0.05) is 5.57 Å². The predicted octanol–water partition coefficient (Wildman–Crippen LogP) is 6.09. The van der Waals surface area contributed by atoms with Crippen molar-refractivity contribution in [2.45, 2.75) is 123 Å². The number of aliphatic hydroxyl groups is 1. The fourth-order valence-electron chi connectivity index (χ4n) is 3.32. The number of hydroxylamine groups is 1. The van der Waals surface area contributed by atoms with Crippen LogP contribution in [0.15, 0.2) is 11.5 Å². The van der Waals surface area contributed by atoms with E-state index in [9.17, 15) is 9.90 Å². The molecule has 1 aliphatic heterocycles. The number of esters is 1. The molecular formula is C22H41NO4. The molecule has 0 spiro atoms. The molecule has 2 unspecified atom stereocenters. The molecule has 0 aromatic heterocycles. The van der Waals surface area contributed by atoms with Gasteiger partial charge < -0.3 is 9.84 Å². The van der Waals surface area contributed by atoms with Gasteiger partial charge in [0.1, 0.15) is 0 Å². The molecule has 0 fully saturated rings. The maximum Gasteiger partial charge on any atom is 0.342 e. The second-order valence-corrected chi connectivity index (χ2v) is 7.77. The van der Waals surface area contributed by atoms with Gasteiger partial charge in [-0.1, -0.05) is 84.5 Å². The lowest BCUT2D eigenvalue weighted by Gasteiger charge is -2.15. The summed E-state index contributed by atoms with van der Waals surface area (Å²) < 4.78 is 5.33. The molecule has 2 atom stereocenters. The number of ether oxygens (including phenoxy) is 1. The van der Waals surface area contributed by atoms with Gasteiger partial charge in [-0.3, -0.25) is 4.84 Å². The molecule has 0 bridgehead atoms. The van der Waals surface area contributed by atoms with Crippen molar-refractivity contribution in [3.05, 3.63) is 11.5 Å². The maximum absolute atomic E-state index is 12.2. The summed E-state index contributed by atoms with van der Waals surface area (Å²) in [7, 11) is 0. The first-order valence-corrected chi connectivity index (χ1v) is 11.1. The minimum Gasteiger partial charge on any atom is -0.493 e. The zero-order valence-corrected chi connectivity index (χ0v) is 17.7. The van der Waals surface area contributed by atoms with Gasteiger partial charge in [0.25, 0.3) is 0 Å². The smallest absolute Gasteiger partial charge is 0.342 e. The molecule has 5 nitrogen and oxygen atoms in total. The first-order valence-electron chi connectivity index (χ1n) is 11.1. The summed E-state index contributed by atoms with van der Waals surface area (Å²) in [5.74, 6) is -0.445. The van der Waals surface area contributed by atoms with Crippen LogP contribution in [0.4, 0.5) is 0 Å². The summed E-state index contributed by atoms with van der Waals surface area (Å²) in [5, 5.41) is 9.91. The van der Waals surface area contributed by atoms with Crippen LogP contribution in [0.25, 0.3) is 0 Å². The number of unbranched alkanes of at least 4 members (excludes halogenated alkanes) is 11. The van der Waals surface area contributed by atoms with Gasteiger partial charge >= 0.3 is 5.97 Å². The molecule has 158 valence electrons. The highest BCUT2D eigenvalue weighted by atomic mass is 16.7. The van der Waals surface area contributed by atoms with E-state index in [4.69, 9.17) is 9.57 Å². The Morgan fingerprint density at radius 1 is 1.00 bits per heavy atom. The number of hydrogen-bond donors (Lipinski definition) is 2. The molecule has 1 rings (SSSR count). The Balaban J connectivity index is 2.09. The highest BCUT2D eigenvalue weighted by molar-refractivity contribution is 5.79. The Bertz CT molecular complexity index is 436. The fourth-order valence-corrected chi connectivity index (χ4v) is 3.32. The fraction of sp³-hybridized carbons (Fsp3) is 0.864. The standard InChI is InChI=1S/C22H41NO4/c1-4-6-7-8-9-10-11-12-13-14-15-16-17-19-20(27-23-21(19)24)22(25)26-18(3)5-2/h18,20,23-24H,4-17H2,1-3H3. The van der Waals surface area contributed by atoms with Crippen LogP contribution < -0.4 is 5.48 Å². The van der Waals surface area contributed by atoms with E-state index in [0.29, 0.717) is 12.0 Å². The maximum atomic E-state index is 12.2. The number of carbonyl (C=O) groups excluding carboxylic acids is 1. The third-order valence-electron chi connectivity index (χ3n) is 5.30. The van der Waals surface area contributed by atoms with E-state index in [2.05, 4.69) is 12.4 Å².